The number of morpholine rings is 1. The fourth-order valence-corrected chi connectivity index (χ4v) is 5.49. The molecule has 1 aliphatic carbocycles. The maximum Gasteiger partial charge on any atom is 0.205 e. The summed E-state index contributed by atoms with van der Waals surface area (Å²) < 4.78 is 5.59. The van der Waals surface area contributed by atoms with Gasteiger partial charge in [0.1, 0.15) is 5.82 Å². The Morgan fingerprint density at radius 3 is 2.21 bits per heavy atom. The van der Waals surface area contributed by atoms with Gasteiger partial charge in [-0.3, -0.25) is 0 Å². The van der Waals surface area contributed by atoms with Crippen LogP contribution in [0.5, 0.6) is 0 Å². The summed E-state index contributed by atoms with van der Waals surface area (Å²) in [6.45, 7) is 4.10. The van der Waals surface area contributed by atoms with E-state index in [4.69, 9.17) is 9.73 Å². The molecule has 2 aromatic rings. The first-order valence-electron chi connectivity index (χ1n) is 12.6. The van der Waals surface area contributed by atoms with Gasteiger partial charge >= 0.3 is 0 Å². The molecule has 34 heavy (non-hydrogen) atoms. The van der Waals surface area contributed by atoms with Crippen molar-refractivity contribution >= 4 is 5.96 Å². The van der Waals surface area contributed by atoms with Gasteiger partial charge in [-0.05, 0) is 24.0 Å². The van der Waals surface area contributed by atoms with E-state index >= 15 is 0 Å². The van der Waals surface area contributed by atoms with E-state index in [9.17, 15) is 0 Å². The van der Waals surface area contributed by atoms with Crippen LogP contribution in [0, 0.1) is 0 Å². The molecule has 0 bridgehead atoms. The van der Waals surface area contributed by atoms with Crippen LogP contribution in [0.3, 0.4) is 0 Å². The molecule has 2 N–H and O–H groups in total. The second kappa shape index (κ2) is 9.55. The number of hydrogen-bond acceptors (Lipinski definition) is 6. The molecular weight excluding hydrogens is 422 g/mol. The van der Waals surface area contributed by atoms with Crippen molar-refractivity contribution in [3.8, 4) is 0 Å². The molecule has 176 valence electrons. The molecule has 6 heteroatoms. The zero-order chi connectivity index (χ0) is 22.7. The Hall–Kier alpha value is -3.25. The van der Waals surface area contributed by atoms with E-state index in [0.717, 1.165) is 44.6 Å². The maximum absolute atomic E-state index is 5.59. The minimum atomic E-state index is 0.0273. The van der Waals surface area contributed by atoms with Crippen molar-refractivity contribution in [2.24, 2.45) is 4.99 Å². The zero-order valence-electron chi connectivity index (χ0n) is 19.6. The lowest BCUT2D eigenvalue weighted by Crippen LogP contribution is -2.48. The lowest BCUT2D eigenvalue weighted by atomic mass is 9.98. The van der Waals surface area contributed by atoms with Gasteiger partial charge in [-0.1, -0.05) is 73.5 Å². The SMILES string of the molecule is C1=C2NC(N3CCOCC3)=NC(NC(c3ccccc3)c3ccccc3)=C2CN1C1CCCC1. The predicted octanol–water partition coefficient (Wildman–Crippen LogP) is 3.97. The van der Waals surface area contributed by atoms with Gasteiger partial charge in [0.05, 0.1) is 25.0 Å². The second-order valence-corrected chi connectivity index (χ2v) is 9.54. The number of benzene rings is 2. The number of aliphatic imine (C=N–C) groups is 1. The third-order valence-corrected chi connectivity index (χ3v) is 7.36. The molecule has 0 aromatic heterocycles. The van der Waals surface area contributed by atoms with E-state index in [2.05, 4.69) is 87.3 Å². The smallest absolute Gasteiger partial charge is 0.205 e. The van der Waals surface area contributed by atoms with E-state index < -0.39 is 0 Å². The maximum atomic E-state index is 5.59. The van der Waals surface area contributed by atoms with Crippen LogP contribution in [0.4, 0.5) is 0 Å². The number of guanidine groups is 1. The monoisotopic (exact) mass is 455 g/mol. The number of hydrogen-bond donors (Lipinski definition) is 2. The summed E-state index contributed by atoms with van der Waals surface area (Å²) in [6.07, 6.45) is 7.58. The molecule has 3 heterocycles. The van der Waals surface area contributed by atoms with Crippen molar-refractivity contribution in [3.63, 3.8) is 0 Å². The van der Waals surface area contributed by atoms with Crippen LogP contribution in [0.15, 0.2) is 88.9 Å². The van der Waals surface area contributed by atoms with Gasteiger partial charge in [0.2, 0.25) is 5.96 Å². The van der Waals surface area contributed by atoms with Crippen molar-refractivity contribution in [1.29, 1.82) is 0 Å². The van der Waals surface area contributed by atoms with Crippen LogP contribution in [-0.2, 0) is 4.74 Å². The molecule has 0 atom stereocenters. The molecule has 4 aliphatic rings. The third-order valence-electron chi connectivity index (χ3n) is 7.36. The van der Waals surface area contributed by atoms with E-state index in [-0.39, 0.29) is 6.04 Å². The van der Waals surface area contributed by atoms with E-state index in [1.807, 2.05) is 0 Å². The molecule has 0 radical (unpaired) electrons. The average Bonchev–Trinajstić information content (AvgIpc) is 3.59. The van der Waals surface area contributed by atoms with Crippen LogP contribution in [0.1, 0.15) is 42.9 Å². The quantitative estimate of drug-likeness (QED) is 0.715. The zero-order valence-corrected chi connectivity index (χ0v) is 19.6. The van der Waals surface area contributed by atoms with Crippen LogP contribution in [0.2, 0.25) is 0 Å². The lowest BCUT2D eigenvalue weighted by molar-refractivity contribution is 0.0667. The average molecular weight is 456 g/mol. The number of rotatable bonds is 5. The summed E-state index contributed by atoms with van der Waals surface area (Å²) >= 11 is 0. The lowest BCUT2D eigenvalue weighted by Gasteiger charge is -2.33. The van der Waals surface area contributed by atoms with Gasteiger partial charge in [0.25, 0.3) is 0 Å². The Labute approximate surface area is 202 Å². The first kappa shape index (κ1) is 21.3. The Morgan fingerprint density at radius 2 is 1.56 bits per heavy atom. The molecule has 2 aromatic carbocycles. The standard InChI is InChI=1S/C28H33N5O/c1-3-9-21(10-4-1)26(22-11-5-2-6-12-22)30-27-24-19-33(23-13-7-8-14-23)20-25(24)29-28(31-27)32-15-17-34-18-16-32/h1-6,9-12,20,23,26,30H,7-8,13-19H2,(H,29,31). The van der Waals surface area contributed by atoms with Crippen LogP contribution >= 0.6 is 0 Å². The summed E-state index contributed by atoms with van der Waals surface area (Å²) in [5.41, 5.74) is 4.92. The van der Waals surface area contributed by atoms with Gasteiger partial charge in [0.15, 0.2) is 0 Å². The molecule has 0 unspecified atom stereocenters. The highest BCUT2D eigenvalue weighted by Crippen LogP contribution is 2.34. The number of fused-ring (bicyclic) bond motifs is 1. The molecule has 6 nitrogen and oxygen atoms in total. The van der Waals surface area contributed by atoms with E-state index in [1.54, 1.807) is 0 Å². The summed E-state index contributed by atoms with van der Waals surface area (Å²) in [4.78, 5) is 10.0. The summed E-state index contributed by atoms with van der Waals surface area (Å²) in [6, 6.07) is 22.0. The minimum absolute atomic E-state index is 0.0273. The molecule has 2 fully saturated rings. The molecule has 1 saturated heterocycles. The molecule has 1 saturated carbocycles. The molecule has 6 rings (SSSR count). The van der Waals surface area contributed by atoms with Crippen LogP contribution < -0.4 is 10.6 Å². The van der Waals surface area contributed by atoms with E-state index in [1.165, 1.54) is 48.1 Å². The highest BCUT2D eigenvalue weighted by atomic mass is 16.5. The Balaban J connectivity index is 1.37. The minimum Gasteiger partial charge on any atom is -0.378 e. The number of ether oxygens (including phenoxy) is 1. The predicted molar refractivity (Wildman–Crippen MR) is 135 cm³/mol. The summed E-state index contributed by atoms with van der Waals surface area (Å²) in [7, 11) is 0. The Kier molecular flexibility index (Phi) is 5.98. The molecule has 3 aliphatic heterocycles. The fourth-order valence-electron chi connectivity index (χ4n) is 5.49. The Morgan fingerprint density at radius 1 is 0.912 bits per heavy atom. The van der Waals surface area contributed by atoms with Gasteiger partial charge in [-0.25, -0.2) is 0 Å². The highest BCUT2D eigenvalue weighted by molar-refractivity contribution is 5.85. The van der Waals surface area contributed by atoms with Gasteiger partial charge in [0, 0.05) is 37.4 Å². The molecular formula is C28H33N5O. The van der Waals surface area contributed by atoms with Crippen molar-refractivity contribution in [3.05, 3.63) is 95.1 Å². The largest absolute Gasteiger partial charge is 0.378 e. The van der Waals surface area contributed by atoms with Crippen molar-refractivity contribution < 1.29 is 4.74 Å². The van der Waals surface area contributed by atoms with Crippen LogP contribution in [-0.4, -0.2) is 54.6 Å². The summed E-state index contributed by atoms with van der Waals surface area (Å²) in [5.74, 6) is 1.90. The molecule has 0 spiro atoms. The number of nitrogens with zero attached hydrogens (tertiary/aromatic N) is 3. The second-order valence-electron chi connectivity index (χ2n) is 9.54. The van der Waals surface area contributed by atoms with Crippen molar-refractivity contribution in [1.82, 2.24) is 20.4 Å². The Bertz CT molecular complexity index is 1040. The normalized spacial score (nSPS) is 20.9. The van der Waals surface area contributed by atoms with E-state index in [0.29, 0.717) is 6.04 Å². The summed E-state index contributed by atoms with van der Waals surface area (Å²) in [5, 5.41) is 7.53. The van der Waals surface area contributed by atoms with Gasteiger partial charge < -0.3 is 25.2 Å². The number of nitrogens with one attached hydrogen (secondary N) is 2. The fraction of sp³-hybridized carbons (Fsp3) is 0.393. The third kappa shape index (κ3) is 4.30. The first-order chi connectivity index (χ1) is 16.8. The topological polar surface area (TPSA) is 52.1 Å². The molecule has 0 amide bonds. The van der Waals surface area contributed by atoms with Crippen molar-refractivity contribution in [2.75, 3.05) is 32.8 Å². The highest BCUT2D eigenvalue weighted by Gasteiger charge is 2.33. The first-order valence-corrected chi connectivity index (χ1v) is 12.6. The van der Waals surface area contributed by atoms with Crippen molar-refractivity contribution in [2.45, 2.75) is 37.8 Å². The van der Waals surface area contributed by atoms with Gasteiger partial charge in [-0.15, -0.1) is 0 Å². The van der Waals surface area contributed by atoms with Gasteiger partial charge in [-0.2, -0.15) is 4.99 Å². The van der Waals surface area contributed by atoms with Crippen LogP contribution in [0.25, 0.3) is 0 Å².